The molecular weight excluding hydrogens is 622 g/mol. The first kappa shape index (κ1) is 159. The third kappa shape index (κ3) is 192. The highest BCUT2D eigenvalue weighted by atomic mass is 35.5. The smallest absolute Gasteiger partial charge is 0.101 e. The molecule has 0 aromatic carbocycles. The van der Waals surface area contributed by atoms with Crippen LogP contribution in [0.3, 0.4) is 0 Å². The minimum absolute atomic E-state index is 0. The molecular formula is C5H28Cl15NO. The molecule has 0 amide bonds. The molecule has 0 radical (unpaired) electrons. The van der Waals surface area contributed by atoms with Crippen molar-refractivity contribution in [1.82, 2.24) is 0 Å². The molecule has 164 valence electrons. The molecule has 2 nitrogen and oxygen atoms in total. The van der Waals surface area contributed by atoms with Crippen LogP contribution in [-0.2, 0) is 0 Å². The van der Waals surface area contributed by atoms with Gasteiger partial charge in [-0.1, -0.05) is 0 Å². The maximum absolute atomic E-state index is 8.39. The largest absolute Gasteiger partial charge is 1.00 e. The van der Waals surface area contributed by atoms with Gasteiger partial charge in [0, 0.05) is 0 Å². The first-order valence-corrected chi connectivity index (χ1v) is 2.47. The van der Waals surface area contributed by atoms with Crippen molar-refractivity contribution in [3.8, 4) is 0 Å². The Balaban J connectivity index is -0.00000000171. The van der Waals surface area contributed by atoms with Crippen LogP contribution >= 0.6 is 174 Å². The fraction of sp³-hybridized carbons (Fsp3) is 1.00. The summed E-state index contributed by atoms with van der Waals surface area (Å²) in [6.45, 7) is 1.11. The van der Waals surface area contributed by atoms with E-state index >= 15 is 0 Å². The lowest BCUT2D eigenvalue weighted by atomic mass is 10.5. The third-order valence-corrected chi connectivity index (χ3v) is 0.771. The van der Waals surface area contributed by atoms with Crippen LogP contribution in [0, 0.1) is 0 Å². The number of quaternary nitrogens is 1. The number of halogens is 15. The van der Waals surface area contributed by atoms with E-state index in [0.29, 0.717) is 0 Å². The van der Waals surface area contributed by atoms with Crippen LogP contribution in [0.25, 0.3) is 0 Å². The van der Waals surface area contributed by atoms with Crippen LogP contribution in [0.5, 0.6) is 0 Å². The number of aliphatic hydroxyl groups is 1. The lowest BCUT2D eigenvalue weighted by Gasteiger charge is -2.21. The predicted octanol–water partition coefficient (Wildman–Crippen LogP) is 2.59. The van der Waals surface area contributed by atoms with Gasteiger partial charge in [0.2, 0.25) is 0 Å². The zero-order valence-corrected chi connectivity index (χ0v) is 23.6. The Morgan fingerprint density at radius 2 is 0.636 bits per heavy atom. The van der Waals surface area contributed by atoms with Gasteiger partial charge in [-0.2, -0.15) is 0 Å². The van der Waals surface area contributed by atoms with E-state index in [1.807, 2.05) is 0 Å². The van der Waals surface area contributed by atoms with Crippen molar-refractivity contribution in [2.75, 3.05) is 34.3 Å². The van der Waals surface area contributed by atoms with Gasteiger partial charge < -0.3 is 22.0 Å². The number of hydrogen-bond donors (Lipinski definition) is 1. The monoisotopic (exact) mass is 643 g/mol. The van der Waals surface area contributed by atoms with Crippen LogP contribution in [-0.4, -0.2) is 43.9 Å². The molecule has 0 aliphatic heterocycles. The summed E-state index contributed by atoms with van der Waals surface area (Å²) >= 11 is 0. The Hall–Kier alpha value is 4.27. The Morgan fingerprint density at radius 3 is 0.636 bits per heavy atom. The van der Waals surface area contributed by atoms with E-state index < -0.39 is 0 Å². The van der Waals surface area contributed by atoms with Crippen LogP contribution in [0.2, 0.25) is 0 Å². The minimum atomic E-state index is 0. The summed E-state index contributed by atoms with van der Waals surface area (Å²) in [5.41, 5.74) is 0. The maximum Gasteiger partial charge on any atom is 0.101 e. The first-order chi connectivity index (χ1) is 3.06. The van der Waals surface area contributed by atoms with E-state index in [0.717, 1.165) is 11.0 Å². The van der Waals surface area contributed by atoms with Gasteiger partial charge in [-0.25, -0.2) is 0 Å². The third-order valence-electron chi connectivity index (χ3n) is 0.771. The summed E-state index contributed by atoms with van der Waals surface area (Å²) in [4.78, 5) is 0. The normalized spacial score (nSPS) is 3.82. The molecule has 22 heavy (non-hydrogen) atoms. The van der Waals surface area contributed by atoms with Gasteiger partial charge in [0.1, 0.15) is 6.54 Å². The number of hydrogen-bond acceptors (Lipinski definition) is 1. The van der Waals surface area contributed by atoms with Crippen molar-refractivity contribution >= 4 is 174 Å². The SMILES string of the molecule is C[N+](C)(C)CCO.Cl.Cl.Cl.Cl.Cl.Cl.Cl.Cl.Cl.Cl.Cl.Cl.Cl.Cl.[Cl-]. The molecule has 17 heteroatoms. The summed E-state index contributed by atoms with van der Waals surface area (Å²) in [6.07, 6.45) is 0. The van der Waals surface area contributed by atoms with Crippen molar-refractivity contribution in [3.63, 3.8) is 0 Å². The molecule has 0 fully saturated rings. The minimum Gasteiger partial charge on any atom is -1.00 e. The Labute approximate surface area is 227 Å². The lowest BCUT2D eigenvalue weighted by Crippen LogP contribution is -3.00. The van der Waals surface area contributed by atoms with E-state index in [1.165, 1.54) is 0 Å². The maximum atomic E-state index is 8.39. The molecule has 0 spiro atoms. The van der Waals surface area contributed by atoms with Gasteiger partial charge in [0.05, 0.1) is 27.7 Å². The molecule has 0 aliphatic rings. The van der Waals surface area contributed by atoms with Crippen molar-refractivity contribution < 1.29 is 22.0 Å². The van der Waals surface area contributed by atoms with Gasteiger partial charge in [-0.15, -0.1) is 174 Å². The second kappa shape index (κ2) is 98.9. The molecule has 0 saturated heterocycles. The first-order valence-electron chi connectivity index (χ1n) is 2.47. The zero-order chi connectivity index (χ0) is 5.91. The molecule has 0 aromatic heterocycles. The van der Waals surface area contributed by atoms with E-state index in [-0.39, 0.29) is 193 Å². The molecule has 1 N–H and O–H groups in total. The van der Waals surface area contributed by atoms with Gasteiger partial charge in [0.15, 0.2) is 0 Å². The van der Waals surface area contributed by atoms with E-state index in [1.54, 1.807) is 0 Å². The molecule has 0 aromatic rings. The van der Waals surface area contributed by atoms with Crippen LogP contribution in [0.4, 0.5) is 0 Å². The van der Waals surface area contributed by atoms with Gasteiger partial charge in [-0.05, 0) is 0 Å². The van der Waals surface area contributed by atoms with Crippen LogP contribution in [0.15, 0.2) is 0 Å². The summed E-state index contributed by atoms with van der Waals surface area (Å²) in [5, 5.41) is 8.39. The quantitative estimate of drug-likeness (QED) is 0.457. The number of aliphatic hydroxyl groups excluding tert-OH is 1. The van der Waals surface area contributed by atoms with Crippen molar-refractivity contribution in [2.45, 2.75) is 0 Å². The predicted molar refractivity (Wildman–Crippen MR) is 131 cm³/mol. The Bertz CT molecular complexity index is 66.4. The van der Waals surface area contributed by atoms with Crippen molar-refractivity contribution in [2.24, 2.45) is 0 Å². The molecule has 0 unspecified atom stereocenters. The van der Waals surface area contributed by atoms with E-state index in [9.17, 15) is 0 Å². The standard InChI is InChI=1S/C5H14NO.15ClH/c1-6(2,3)4-5-7;;;;;;;;;;;;;;;/h7H,4-5H2,1-3H3;15*1H/q+1;;;;;;;;;;;;;;;/p-1. The molecule has 0 atom stereocenters. The second-order valence-electron chi connectivity index (χ2n) is 2.74. The molecule has 0 heterocycles. The average Bonchev–Trinajstić information content (AvgIpc) is 1.30. The summed E-state index contributed by atoms with van der Waals surface area (Å²) in [7, 11) is 6.16. The fourth-order valence-electron chi connectivity index (χ4n) is 0.300. The summed E-state index contributed by atoms with van der Waals surface area (Å²) in [6, 6.07) is 0. The summed E-state index contributed by atoms with van der Waals surface area (Å²) in [5.74, 6) is 0. The van der Waals surface area contributed by atoms with Gasteiger partial charge in [-0.3, -0.25) is 0 Å². The van der Waals surface area contributed by atoms with Crippen molar-refractivity contribution in [3.05, 3.63) is 0 Å². The van der Waals surface area contributed by atoms with E-state index in [2.05, 4.69) is 21.1 Å². The highest BCUT2D eigenvalue weighted by Gasteiger charge is 2.02. The Kier molecular flexibility index (Phi) is 715. The van der Waals surface area contributed by atoms with Crippen LogP contribution < -0.4 is 12.4 Å². The zero-order valence-electron chi connectivity index (χ0n) is 11.4. The highest BCUT2D eigenvalue weighted by molar-refractivity contribution is 5.87. The molecule has 0 bridgehead atoms. The fourth-order valence-corrected chi connectivity index (χ4v) is 0.300. The second-order valence-corrected chi connectivity index (χ2v) is 2.74. The average molecular weight is 650 g/mol. The molecule has 0 saturated carbocycles. The van der Waals surface area contributed by atoms with Gasteiger partial charge in [0.25, 0.3) is 0 Å². The van der Waals surface area contributed by atoms with E-state index in [4.69, 9.17) is 5.11 Å². The molecule has 0 rings (SSSR count). The van der Waals surface area contributed by atoms with Crippen molar-refractivity contribution in [1.29, 1.82) is 0 Å². The number of nitrogens with zero attached hydrogens (tertiary/aromatic N) is 1. The number of rotatable bonds is 2. The van der Waals surface area contributed by atoms with Crippen LogP contribution in [0.1, 0.15) is 0 Å². The molecule has 0 aliphatic carbocycles. The lowest BCUT2D eigenvalue weighted by molar-refractivity contribution is -0.870. The number of likely N-dealkylation sites (N-methyl/N-ethyl adjacent to an activating group) is 1. The van der Waals surface area contributed by atoms with Gasteiger partial charge >= 0.3 is 0 Å². The topological polar surface area (TPSA) is 20.2 Å². The highest BCUT2D eigenvalue weighted by Crippen LogP contribution is 1.84. The Morgan fingerprint density at radius 1 is 0.500 bits per heavy atom. The summed E-state index contributed by atoms with van der Waals surface area (Å²) < 4.78 is 0.844.